The molecule has 1 atom stereocenters. The second-order valence-electron chi connectivity index (χ2n) is 5.08. The van der Waals surface area contributed by atoms with Crippen LogP contribution in [0.25, 0.3) is 0 Å². The van der Waals surface area contributed by atoms with Gasteiger partial charge in [0.2, 0.25) is 0 Å². The molecule has 0 spiro atoms. The van der Waals surface area contributed by atoms with E-state index in [0.29, 0.717) is 6.42 Å². The highest BCUT2D eigenvalue weighted by atomic mass is 19.4. The van der Waals surface area contributed by atoms with Gasteiger partial charge in [-0.3, -0.25) is 0 Å². The smallest absolute Gasteiger partial charge is 0.345 e. The van der Waals surface area contributed by atoms with Gasteiger partial charge in [0.25, 0.3) is 0 Å². The normalized spacial score (nSPS) is 19.8. The van der Waals surface area contributed by atoms with Crippen molar-refractivity contribution in [3.8, 4) is 0 Å². The molecule has 1 aromatic heterocycles. The van der Waals surface area contributed by atoms with E-state index in [9.17, 15) is 13.2 Å². The van der Waals surface area contributed by atoms with E-state index in [1.165, 1.54) is 0 Å². The molecule has 102 valence electrons. The van der Waals surface area contributed by atoms with Crippen LogP contribution < -0.4 is 5.32 Å². The van der Waals surface area contributed by atoms with Gasteiger partial charge >= 0.3 is 6.18 Å². The van der Waals surface area contributed by atoms with Gasteiger partial charge in [-0.05, 0) is 39.7 Å². The van der Waals surface area contributed by atoms with Gasteiger partial charge in [0.1, 0.15) is 5.82 Å². The van der Waals surface area contributed by atoms with E-state index in [0.717, 1.165) is 11.5 Å². The molecule has 0 aromatic carbocycles. The number of hydrogen-bond acceptors (Lipinski definition) is 2. The lowest BCUT2D eigenvalue weighted by Gasteiger charge is -2.22. The zero-order valence-corrected chi connectivity index (χ0v) is 10.6. The summed E-state index contributed by atoms with van der Waals surface area (Å²) >= 11 is 0. The van der Waals surface area contributed by atoms with Crippen molar-refractivity contribution in [1.82, 2.24) is 15.3 Å². The first-order valence-corrected chi connectivity index (χ1v) is 6.13. The van der Waals surface area contributed by atoms with E-state index in [1.54, 1.807) is 13.2 Å². The number of halogens is 3. The van der Waals surface area contributed by atoms with Crippen LogP contribution in [0.4, 0.5) is 13.2 Å². The van der Waals surface area contributed by atoms with Crippen molar-refractivity contribution < 1.29 is 13.2 Å². The summed E-state index contributed by atoms with van der Waals surface area (Å²) in [5, 5.41) is 3.04. The summed E-state index contributed by atoms with van der Waals surface area (Å²) in [6, 6.07) is -0.0916. The first-order valence-electron chi connectivity index (χ1n) is 6.13. The van der Waals surface area contributed by atoms with E-state index >= 15 is 0 Å². The fourth-order valence-corrected chi connectivity index (χ4v) is 2.32. The second kappa shape index (κ2) is 4.57. The first kappa shape index (κ1) is 13.4. The summed E-state index contributed by atoms with van der Waals surface area (Å²) in [6.07, 6.45) is -1.18. The molecule has 2 N–H and O–H groups in total. The van der Waals surface area contributed by atoms with Crippen molar-refractivity contribution in [3.63, 3.8) is 0 Å². The summed E-state index contributed by atoms with van der Waals surface area (Å²) in [5.74, 6) is 0.780. The average Bonchev–Trinajstić information content (AvgIpc) is 2.97. The molecule has 0 amide bonds. The molecule has 1 aliphatic rings. The maximum Gasteiger partial charge on any atom is 0.394 e. The number of aromatic amines is 1. The minimum Gasteiger partial charge on any atom is -0.345 e. The Kier molecular flexibility index (Phi) is 3.40. The Morgan fingerprint density at radius 1 is 1.50 bits per heavy atom. The summed E-state index contributed by atoms with van der Waals surface area (Å²) in [5.41, 5.74) is -0.565. The number of H-pyrrole nitrogens is 1. The maximum absolute atomic E-state index is 12.8. The third-order valence-corrected chi connectivity index (χ3v) is 3.81. The van der Waals surface area contributed by atoms with Crippen molar-refractivity contribution in [2.45, 2.75) is 44.8 Å². The van der Waals surface area contributed by atoms with E-state index < -0.39 is 11.6 Å². The Bertz CT molecular complexity index is 407. The Morgan fingerprint density at radius 2 is 2.17 bits per heavy atom. The minimum atomic E-state index is -4.06. The molecular weight excluding hydrogens is 243 g/mol. The van der Waals surface area contributed by atoms with Gasteiger partial charge in [0.05, 0.1) is 11.1 Å². The zero-order valence-electron chi connectivity index (χ0n) is 10.6. The van der Waals surface area contributed by atoms with Crippen LogP contribution in [0.5, 0.6) is 0 Å². The lowest BCUT2D eigenvalue weighted by Crippen LogP contribution is -2.26. The molecule has 3 nitrogen and oxygen atoms in total. The van der Waals surface area contributed by atoms with E-state index in [-0.39, 0.29) is 25.3 Å². The molecule has 0 unspecified atom stereocenters. The van der Waals surface area contributed by atoms with Crippen LogP contribution in [-0.2, 0) is 0 Å². The summed E-state index contributed by atoms with van der Waals surface area (Å²) < 4.78 is 38.4. The van der Waals surface area contributed by atoms with Gasteiger partial charge in [-0.2, -0.15) is 13.2 Å². The molecule has 6 heteroatoms. The number of hydrogen-bond donors (Lipinski definition) is 2. The molecule has 1 fully saturated rings. The van der Waals surface area contributed by atoms with Crippen LogP contribution in [0.15, 0.2) is 6.20 Å². The fraction of sp³-hybridized carbons (Fsp3) is 0.750. The highest BCUT2D eigenvalue weighted by Crippen LogP contribution is 2.60. The summed E-state index contributed by atoms with van der Waals surface area (Å²) in [7, 11) is 1.76. The SMILES string of the molecule is CN[C@@H](CCC1(C(F)(F)F)CC1)c1cnc(C)[nH]1. The van der Waals surface area contributed by atoms with Crippen molar-refractivity contribution >= 4 is 0 Å². The van der Waals surface area contributed by atoms with Crippen LogP contribution in [0.3, 0.4) is 0 Å². The monoisotopic (exact) mass is 261 g/mol. The Balaban J connectivity index is 1.96. The van der Waals surface area contributed by atoms with Crippen LogP contribution >= 0.6 is 0 Å². The third-order valence-electron chi connectivity index (χ3n) is 3.81. The van der Waals surface area contributed by atoms with Crippen LogP contribution in [0.1, 0.15) is 43.2 Å². The number of alkyl halides is 3. The maximum atomic E-state index is 12.8. The van der Waals surface area contributed by atoms with Gasteiger partial charge in [0, 0.05) is 12.2 Å². The standard InChI is InChI=1S/C12H18F3N3/c1-8-17-7-10(18-8)9(16-2)3-4-11(5-6-11)12(13,14)15/h7,9,16H,3-6H2,1-2H3,(H,17,18)/t9-/m0/s1. The van der Waals surface area contributed by atoms with Gasteiger partial charge in [-0.25, -0.2) is 4.98 Å². The van der Waals surface area contributed by atoms with Crippen LogP contribution in [0, 0.1) is 12.3 Å². The quantitative estimate of drug-likeness (QED) is 0.855. The summed E-state index contributed by atoms with van der Waals surface area (Å²) in [4.78, 5) is 7.14. The number of aryl methyl sites for hydroxylation is 1. The molecule has 1 heterocycles. The lowest BCUT2D eigenvalue weighted by atomic mass is 9.95. The van der Waals surface area contributed by atoms with Gasteiger partial charge in [-0.15, -0.1) is 0 Å². The number of nitrogens with zero attached hydrogens (tertiary/aromatic N) is 1. The van der Waals surface area contributed by atoms with Crippen molar-refractivity contribution in [2.24, 2.45) is 5.41 Å². The topological polar surface area (TPSA) is 40.7 Å². The minimum absolute atomic E-state index is 0.0916. The van der Waals surface area contributed by atoms with Gasteiger partial charge in [-0.1, -0.05) is 0 Å². The highest BCUT2D eigenvalue weighted by molar-refractivity contribution is 5.07. The number of rotatable bonds is 5. The van der Waals surface area contributed by atoms with Crippen molar-refractivity contribution in [2.75, 3.05) is 7.05 Å². The predicted octanol–water partition coefficient (Wildman–Crippen LogP) is 3.10. The molecule has 1 aromatic rings. The molecule has 1 saturated carbocycles. The van der Waals surface area contributed by atoms with Gasteiger partial charge < -0.3 is 10.3 Å². The Hall–Kier alpha value is -1.04. The molecule has 0 saturated heterocycles. The molecule has 0 radical (unpaired) electrons. The number of imidazole rings is 1. The van der Waals surface area contributed by atoms with Crippen LogP contribution in [0.2, 0.25) is 0 Å². The molecule has 18 heavy (non-hydrogen) atoms. The van der Waals surface area contributed by atoms with Crippen molar-refractivity contribution in [1.29, 1.82) is 0 Å². The average molecular weight is 261 g/mol. The van der Waals surface area contributed by atoms with E-state index in [4.69, 9.17) is 0 Å². The molecule has 2 rings (SSSR count). The largest absolute Gasteiger partial charge is 0.394 e. The molecular formula is C12H18F3N3. The predicted molar refractivity (Wildman–Crippen MR) is 62.1 cm³/mol. The van der Waals surface area contributed by atoms with Crippen molar-refractivity contribution in [3.05, 3.63) is 17.7 Å². The zero-order chi connectivity index (χ0) is 13.4. The lowest BCUT2D eigenvalue weighted by molar-refractivity contribution is -0.189. The highest BCUT2D eigenvalue weighted by Gasteiger charge is 2.62. The first-order chi connectivity index (χ1) is 8.38. The van der Waals surface area contributed by atoms with Crippen LogP contribution in [-0.4, -0.2) is 23.2 Å². The third kappa shape index (κ3) is 2.53. The molecule has 0 aliphatic heterocycles. The summed E-state index contributed by atoms with van der Waals surface area (Å²) in [6.45, 7) is 1.83. The Morgan fingerprint density at radius 3 is 2.56 bits per heavy atom. The van der Waals surface area contributed by atoms with E-state index in [1.807, 2.05) is 6.92 Å². The fourth-order valence-electron chi connectivity index (χ4n) is 2.32. The number of aromatic nitrogens is 2. The van der Waals surface area contributed by atoms with E-state index in [2.05, 4.69) is 15.3 Å². The van der Waals surface area contributed by atoms with Gasteiger partial charge in [0.15, 0.2) is 0 Å². The Labute approximate surface area is 104 Å². The number of nitrogens with one attached hydrogen (secondary N) is 2. The molecule has 0 bridgehead atoms. The molecule has 1 aliphatic carbocycles. The second-order valence-corrected chi connectivity index (χ2v) is 5.08.